The summed E-state index contributed by atoms with van der Waals surface area (Å²) in [5.41, 5.74) is 0.128. The van der Waals surface area contributed by atoms with Crippen molar-refractivity contribution in [1.82, 2.24) is 4.98 Å². The van der Waals surface area contributed by atoms with E-state index in [1.165, 1.54) is 30.3 Å². The molecule has 0 aliphatic heterocycles. The molecule has 0 bridgehead atoms. The molecule has 0 spiro atoms. The second-order valence-corrected chi connectivity index (χ2v) is 4.21. The minimum atomic E-state index is -1.24. The predicted molar refractivity (Wildman–Crippen MR) is 67.4 cm³/mol. The zero-order valence-corrected chi connectivity index (χ0v) is 10.6. The molecule has 2 aromatic rings. The Bertz CT molecular complexity index is 646. The normalized spacial score (nSPS) is 10.3. The molecule has 1 heterocycles. The number of carboxylic acids is 1. The lowest BCUT2D eigenvalue weighted by molar-refractivity contribution is 0.0690. The van der Waals surface area contributed by atoms with E-state index in [1.807, 2.05) is 0 Å². The zero-order valence-electron chi connectivity index (χ0n) is 9.85. The van der Waals surface area contributed by atoms with Crippen LogP contribution in [0, 0.1) is 12.7 Å². The van der Waals surface area contributed by atoms with Gasteiger partial charge >= 0.3 is 5.97 Å². The van der Waals surface area contributed by atoms with E-state index < -0.39 is 5.97 Å². The van der Waals surface area contributed by atoms with Gasteiger partial charge in [0.05, 0.1) is 5.02 Å². The second kappa shape index (κ2) is 5.24. The number of carbonyl (C=O) groups is 1. The molecule has 1 aromatic carbocycles. The molecule has 1 aromatic heterocycles. The van der Waals surface area contributed by atoms with E-state index in [4.69, 9.17) is 21.4 Å². The molecule has 4 nitrogen and oxygen atoms in total. The SMILES string of the molecule is Cc1cc(Oc2ccc(Cl)c(C(=O)O)n2)ccc1F. The first kappa shape index (κ1) is 13.3. The number of ether oxygens (including phenoxy) is 1. The summed E-state index contributed by atoms with van der Waals surface area (Å²) in [6.07, 6.45) is 0. The summed E-state index contributed by atoms with van der Waals surface area (Å²) >= 11 is 5.69. The Hall–Kier alpha value is -2.14. The largest absolute Gasteiger partial charge is 0.476 e. The van der Waals surface area contributed by atoms with Crippen molar-refractivity contribution in [2.75, 3.05) is 0 Å². The Morgan fingerprint density at radius 2 is 2.11 bits per heavy atom. The maximum atomic E-state index is 13.1. The molecular formula is C13H9ClFNO3. The highest BCUT2D eigenvalue weighted by Gasteiger charge is 2.12. The maximum Gasteiger partial charge on any atom is 0.356 e. The van der Waals surface area contributed by atoms with Crippen LogP contribution < -0.4 is 4.74 Å². The van der Waals surface area contributed by atoms with Crippen molar-refractivity contribution in [2.45, 2.75) is 6.92 Å². The Labute approximate surface area is 113 Å². The number of pyridine rings is 1. The third kappa shape index (κ3) is 3.00. The van der Waals surface area contributed by atoms with Gasteiger partial charge in [-0.05, 0) is 36.8 Å². The Morgan fingerprint density at radius 1 is 1.37 bits per heavy atom. The molecule has 98 valence electrons. The summed E-state index contributed by atoms with van der Waals surface area (Å²) in [5, 5.41) is 8.91. The summed E-state index contributed by atoms with van der Waals surface area (Å²) in [6.45, 7) is 1.60. The van der Waals surface area contributed by atoms with Crippen molar-refractivity contribution >= 4 is 17.6 Å². The first-order chi connectivity index (χ1) is 8.97. The molecule has 0 aliphatic rings. The highest BCUT2D eigenvalue weighted by atomic mass is 35.5. The number of rotatable bonds is 3. The van der Waals surface area contributed by atoms with Gasteiger partial charge in [-0.3, -0.25) is 0 Å². The summed E-state index contributed by atoms with van der Waals surface area (Å²) in [4.78, 5) is 14.6. The van der Waals surface area contributed by atoms with E-state index in [0.717, 1.165) is 0 Å². The van der Waals surface area contributed by atoms with Crippen LogP contribution in [0.2, 0.25) is 5.02 Å². The van der Waals surface area contributed by atoms with E-state index in [2.05, 4.69) is 4.98 Å². The summed E-state index contributed by atoms with van der Waals surface area (Å²) < 4.78 is 18.5. The van der Waals surface area contributed by atoms with Crippen LogP contribution in [0.3, 0.4) is 0 Å². The smallest absolute Gasteiger partial charge is 0.356 e. The first-order valence-electron chi connectivity index (χ1n) is 5.31. The molecule has 0 saturated heterocycles. The molecular weight excluding hydrogens is 273 g/mol. The summed E-state index contributed by atoms with van der Waals surface area (Å²) in [5.74, 6) is -1.15. The van der Waals surface area contributed by atoms with Crippen molar-refractivity contribution in [1.29, 1.82) is 0 Å². The second-order valence-electron chi connectivity index (χ2n) is 3.80. The number of aryl methyl sites for hydroxylation is 1. The summed E-state index contributed by atoms with van der Waals surface area (Å²) in [7, 11) is 0. The molecule has 0 atom stereocenters. The van der Waals surface area contributed by atoms with Crippen LogP contribution in [0.4, 0.5) is 4.39 Å². The van der Waals surface area contributed by atoms with Gasteiger partial charge in [-0.15, -0.1) is 0 Å². The van der Waals surface area contributed by atoms with Gasteiger partial charge in [0.15, 0.2) is 5.69 Å². The van der Waals surface area contributed by atoms with Gasteiger partial charge in [0, 0.05) is 6.07 Å². The number of benzene rings is 1. The molecule has 0 amide bonds. The average Bonchev–Trinajstić information content (AvgIpc) is 2.36. The monoisotopic (exact) mass is 281 g/mol. The Morgan fingerprint density at radius 3 is 2.74 bits per heavy atom. The highest BCUT2D eigenvalue weighted by molar-refractivity contribution is 6.33. The van der Waals surface area contributed by atoms with Gasteiger partial charge in [0.1, 0.15) is 11.6 Å². The number of hydrogen-bond donors (Lipinski definition) is 1. The van der Waals surface area contributed by atoms with Crippen molar-refractivity contribution in [3.05, 3.63) is 52.4 Å². The molecule has 0 unspecified atom stereocenters. The van der Waals surface area contributed by atoms with Gasteiger partial charge in [-0.1, -0.05) is 11.6 Å². The number of aromatic carboxylic acids is 1. The molecule has 2 rings (SSSR count). The van der Waals surface area contributed by atoms with E-state index in [0.29, 0.717) is 11.3 Å². The molecule has 19 heavy (non-hydrogen) atoms. The van der Waals surface area contributed by atoms with Crippen LogP contribution in [0.1, 0.15) is 16.1 Å². The van der Waals surface area contributed by atoms with Crippen LogP contribution in [0.15, 0.2) is 30.3 Å². The van der Waals surface area contributed by atoms with E-state index in [9.17, 15) is 9.18 Å². The number of carboxylic acid groups (broad SMARTS) is 1. The highest BCUT2D eigenvalue weighted by Crippen LogP contribution is 2.24. The molecule has 0 aliphatic carbocycles. The maximum absolute atomic E-state index is 13.1. The lowest BCUT2D eigenvalue weighted by atomic mass is 10.2. The molecule has 1 N–H and O–H groups in total. The first-order valence-corrected chi connectivity index (χ1v) is 5.69. The Kier molecular flexibility index (Phi) is 3.66. The van der Waals surface area contributed by atoms with Gasteiger partial charge in [0.25, 0.3) is 0 Å². The van der Waals surface area contributed by atoms with Crippen LogP contribution in [0.5, 0.6) is 11.6 Å². The van der Waals surface area contributed by atoms with Gasteiger partial charge < -0.3 is 9.84 Å². The van der Waals surface area contributed by atoms with Crippen molar-refractivity contribution in [2.24, 2.45) is 0 Å². The van der Waals surface area contributed by atoms with E-state index in [-0.39, 0.29) is 22.4 Å². The fourth-order valence-electron chi connectivity index (χ4n) is 1.43. The van der Waals surface area contributed by atoms with E-state index >= 15 is 0 Å². The van der Waals surface area contributed by atoms with Gasteiger partial charge in [-0.2, -0.15) is 0 Å². The van der Waals surface area contributed by atoms with Crippen LogP contribution >= 0.6 is 11.6 Å². The summed E-state index contributed by atoms with van der Waals surface area (Å²) in [6, 6.07) is 7.00. The predicted octanol–water partition coefficient (Wildman–Crippen LogP) is 3.67. The average molecular weight is 282 g/mol. The van der Waals surface area contributed by atoms with Crippen molar-refractivity contribution in [3.8, 4) is 11.6 Å². The van der Waals surface area contributed by atoms with Crippen LogP contribution in [-0.4, -0.2) is 16.1 Å². The van der Waals surface area contributed by atoms with E-state index in [1.54, 1.807) is 6.92 Å². The van der Waals surface area contributed by atoms with Crippen molar-refractivity contribution < 1.29 is 19.0 Å². The van der Waals surface area contributed by atoms with Crippen LogP contribution in [0.25, 0.3) is 0 Å². The third-order valence-electron chi connectivity index (χ3n) is 2.37. The number of halogens is 2. The topological polar surface area (TPSA) is 59.4 Å². The molecule has 0 radical (unpaired) electrons. The minimum Gasteiger partial charge on any atom is -0.476 e. The van der Waals surface area contributed by atoms with Crippen LogP contribution in [-0.2, 0) is 0 Å². The number of nitrogens with zero attached hydrogens (tertiary/aromatic N) is 1. The third-order valence-corrected chi connectivity index (χ3v) is 2.68. The number of hydrogen-bond acceptors (Lipinski definition) is 3. The van der Waals surface area contributed by atoms with Crippen molar-refractivity contribution in [3.63, 3.8) is 0 Å². The lowest BCUT2D eigenvalue weighted by Gasteiger charge is -2.07. The standard InChI is InChI=1S/C13H9ClFNO3/c1-7-6-8(2-4-10(7)15)19-11-5-3-9(14)12(16-11)13(17)18/h2-6H,1H3,(H,17,18). The molecule has 0 saturated carbocycles. The molecule has 6 heteroatoms. The quantitative estimate of drug-likeness (QED) is 0.932. The molecule has 0 fully saturated rings. The fraction of sp³-hybridized carbons (Fsp3) is 0.0769. The van der Waals surface area contributed by atoms with Gasteiger partial charge in [0.2, 0.25) is 5.88 Å². The Balaban J connectivity index is 2.30. The zero-order chi connectivity index (χ0) is 14.0. The number of aromatic nitrogens is 1. The lowest BCUT2D eigenvalue weighted by Crippen LogP contribution is -2.02. The van der Waals surface area contributed by atoms with Gasteiger partial charge in [-0.25, -0.2) is 14.2 Å². The fourth-order valence-corrected chi connectivity index (χ4v) is 1.62. The minimum absolute atomic E-state index is 0.0233.